The Bertz CT molecular complexity index is 2580. The van der Waals surface area contributed by atoms with Crippen LogP contribution in [0.2, 0.25) is 0 Å². The number of unbranched alkanes of at least 4 members (excludes halogenated alkanes) is 1. The molecule has 500 valence electrons. The number of benzene rings is 1. The van der Waals surface area contributed by atoms with E-state index in [4.69, 9.17) is 21.9 Å². The molecule has 89 heavy (non-hydrogen) atoms. The molecule has 0 aliphatic carbocycles. The second-order valence-corrected chi connectivity index (χ2v) is 22.8. The van der Waals surface area contributed by atoms with Gasteiger partial charge < -0.3 is 90.6 Å². The molecule has 0 saturated carbocycles. The van der Waals surface area contributed by atoms with Crippen molar-refractivity contribution in [3.63, 3.8) is 0 Å². The number of aliphatic hydroxyl groups is 2. The van der Waals surface area contributed by atoms with Crippen molar-refractivity contribution in [1.29, 1.82) is 0 Å². The van der Waals surface area contributed by atoms with Crippen LogP contribution in [-0.4, -0.2) is 186 Å². The minimum atomic E-state index is -1.82. The van der Waals surface area contributed by atoms with E-state index in [2.05, 4.69) is 63.5 Å². The number of amides is 11. The summed E-state index contributed by atoms with van der Waals surface area (Å²) < 4.78 is 5.72. The maximum absolute atomic E-state index is 14.4. The van der Waals surface area contributed by atoms with Crippen LogP contribution in [0.5, 0.6) is 0 Å². The highest BCUT2D eigenvalue weighted by atomic mass is 16.5. The van der Waals surface area contributed by atoms with Gasteiger partial charge in [-0.05, 0) is 82.2 Å². The standard InChI is InChI=1S/C59H99N15O15/c1-12-30(5)43(71-51(81)39(63-11)27-36-21-17-16-18-22-36)54(84)68-40(28-75)52(82)67-38(24-25-42(60)77)50(80)70-45(32(7)14-3)56(86)72-44(31(6)13-2)55(85)69-41(29-76)53(83)74-47-35(10)89-58(88)46(33(8)15-4)73-49(79)37(23-19-20-26-64-59(61)62)66-48(78)34(9)65-57(47)87/h16-18,21-22,30-35,37-41,43-47,63,75-76H,12-15,19-20,23-29H2,1-11H3,(H2,60,77)(H,65,87)(H,66,78)(H,67,82)(H,68,84)(H,69,85)(H,70,80)(H,71,81)(H,72,86)(H,73,79)(H,74,83)(H4,61,62,64)/t30-,31-,32+,33-,34-,35-,37-,38+,39+,40-,41-,43-,44-,45+,46-,47+/m0/s1. The molecule has 2 rings (SSSR count). The van der Waals surface area contributed by atoms with Crippen LogP contribution in [0.25, 0.3) is 0 Å². The number of hydrogen-bond donors (Lipinski definition) is 16. The van der Waals surface area contributed by atoms with Crippen molar-refractivity contribution in [3.8, 4) is 0 Å². The number of hydrogen-bond acceptors (Lipinski definition) is 17. The molecule has 16 atom stereocenters. The summed E-state index contributed by atoms with van der Waals surface area (Å²) in [6.07, 6.45) is 0.157. The summed E-state index contributed by atoms with van der Waals surface area (Å²) in [5.74, 6) is -13.3. The number of nitrogens with one attached hydrogen (secondary N) is 11. The number of esters is 1. The summed E-state index contributed by atoms with van der Waals surface area (Å²) in [4.78, 5) is 169. The predicted molar refractivity (Wildman–Crippen MR) is 328 cm³/mol. The largest absolute Gasteiger partial charge is 0.458 e. The number of cyclic esters (lactones) is 1. The van der Waals surface area contributed by atoms with Gasteiger partial charge in [0, 0.05) is 13.0 Å². The van der Waals surface area contributed by atoms with Crippen molar-refractivity contribution in [2.45, 2.75) is 206 Å². The zero-order chi connectivity index (χ0) is 67.2. The Kier molecular flexibility index (Phi) is 33.9. The van der Waals surface area contributed by atoms with E-state index in [-0.39, 0.29) is 31.8 Å². The van der Waals surface area contributed by atoms with E-state index in [0.29, 0.717) is 32.1 Å². The number of rotatable bonds is 35. The second-order valence-electron chi connectivity index (χ2n) is 22.8. The topological polar surface area (TPSA) is 477 Å². The molecule has 1 aromatic rings. The number of guanidine groups is 1. The number of ether oxygens (including phenoxy) is 1. The zero-order valence-corrected chi connectivity index (χ0v) is 53.2. The Morgan fingerprint density at radius 2 is 1.08 bits per heavy atom. The van der Waals surface area contributed by atoms with Crippen LogP contribution in [0.15, 0.2) is 35.3 Å². The average molecular weight is 1260 g/mol. The van der Waals surface area contributed by atoms with Gasteiger partial charge in [-0.1, -0.05) is 111 Å². The van der Waals surface area contributed by atoms with Gasteiger partial charge in [-0.15, -0.1) is 0 Å². The number of likely N-dealkylation sites (N-methyl/N-ethyl adjacent to an activating group) is 1. The molecular formula is C59H99N15O15. The smallest absolute Gasteiger partial charge is 0.329 e. The van der Waals surface area contributed by atoms with Crippen molar-refractivity contribution in [3.05, 3.63) is 35.9 Å². The fraction of sp³-hybridized carbons (Fsp3) is 0.678. The molecule has 1 heterocycles. The lowest BCUT2D eigenvalue weighted by molar-refractivity contribution is -0.157. The van der Waals surface area contributed by atoms with Crippen molar-refractivity contribution in [1.82, 2.24) is 58.5 Å². The van der Waals surface area contributed by atoms with Gasteiger partial charge in [0.2, 0.25) is 65.0 Å². The van der Waals surface area contributed by atoms with Crippen molar-refractivity contribution in [2.24, 2.45) is 45.9 Å². The van der Waals surface area contributed by atoms with Gasteiger partial charge in [-0.2, -0.15) is 0 Å². The first-order valence-electron chi connectivity index (χ1n) is 30.5. The van der Waals surface area contributed by atoms with Crippen LogP contribution in [0.4, 0.5) is 0 Å². The zero-order valence-electron chi connectivity index (χ0n) is 53.2. The lowest BCUT2D eigenvalue weighted by Gasteiger charge is -2.31. The van der Waals surface area contributed by atoms with Gasteiger partial charge >= 0.3 is 5.97 Å². The highest BCUT2D eigenvalue weighted by molar-refractivity contribution is 5.99. The first-order chi connectivity index (χ1) is 42.0. The first kappa shape index (κ1) is 77.1. The van der Waals surface area contributed by atoms with Gasteiger partial charge in [0.1, 0.15) is 66.5 Å². The molecule has 0 radical (unpaired) electrons. The van der Waals surface area contributed by atoms with Crippen molar-refractivity contribution < 1.29 is 72.5 Å². The van der Waals surface area contributed by atoms with Crippen LogP contribution in [-0.2, 0) is 68.7 Å². The number of nitrogens with zero attached hydrogens (tertiary/aromatic N) is 1. The summed E-state index contributed by atoms with van der Waals surface area (Å²) in [6.45, 7) is 14.4. The molecule has 1 aromatic carbocycles. The fourth-order valence-corrected chi connectivity index (χ4v) is 9.27. The third-order valence-electron chi connectivity index (χ3n) is 16.0. The third kappa shape index (κ3) is 25.2. The molecule has 19 N–H and O–H groups in total. The molecular weight excluding hydrogens is 1160 g/mol. The highest BCUT2D eigenvalue weighted by Crippen LogP contribution is 2.17. The molecule has 0 bridgehead atoms. The maximum atomic E-state index is 14.4. The van der Waals surface area contributed by atoms with E-state index in [1.807, 2.05) is 30.3 Å². The average Bonchev–Trinajstić information content (AvgIpc) is 3.59. The minimum absolute atomic E-state index is 0.0966. The van der Waals surface area contributed by atoms with E-state index in [0.717, 1.165) is 5.56 Å². The Morgan fingerprint density at radius 3 is 1.56 bits per heavy atom. The van der Waals surface area contributed by atoms with Crippen molar-refractivity contribution in [2.75, 3.05) is 26.8 Å². The number of carbonyl (C=O) groups is 12. The molecule has 1 aliphatic rings. The lowest BCUT2D eigenvalue weighted by atomic mass is 9.94. The van der Waals surface area contributed by atoms with Crippen LogP contribution in [0.1, 0.15) is 133 Å². The first-order valence-corrected chi connectivity index (χ1v) is 30.5. The molecule has 11 amide bonds. The summed E-state index contributed by atoms with van der Waals surface area (Å²) in [7, 11) is 1.60. The van der Waals surface area contributed by atoms with Crippen molar-refractivity contribution >= 4 is 76.9 Å². The SMILES string of the molecule is CC[C@@H](C)[C@@H](NC(=O)[C@@H](CCC(N)=O)NC(=O)[C@H](CO)NC(=O)[C@@H](NC(=O)[C@@H](Cc1ccccc1)NC)[C@@H](C)CC)C(=O)N[C@H](C(=O)N[C@@H](CO)C(=O)N[C@H]1C(=O)N[C@@H](C)C(=O)N[C@@H](CCCCN=C(N)N)C(=O)N[C@@H]([C@@H](C)CC)C(=O)O[C@H]1C)[C@@H](C)CC. The molecule has 30 nitrogen and oxygen atoms in total. The molecule has 30 heteroatoms. The summed E-state index contributed by atoms with van der Waals surface area (Å²) in [6, 6.07) is -6.31. The van der Waals surface area contributed by atoms with E-state index in [9.17, 15) is 67.7 Å². The Morgan fingerprint density at radius 1 is 0.596 bits per heavy atom. The molecule has 1 saturated heterocycles. The summed E-state index contributed by atoms with van der Waals surface area (Å²) in [5.41, 5.74) is 17.1. The van der Waals surface area contributed by atoms with E-state index in [1.165, 1.54) is 13.8 Å². The van der Waals surface area contributed by atoms with Crippen LogP contribution in [0.3, 0.4) is 0 Å². The Balaban J connectivity index is 2.40. The third-order valence-corrected chi connectivity index (χ3v) is 16.0. The Hall–Kier alpha value is -7.99. The van der Waals surface area contributed by atoms with Crippen LogP contribution in [0, 0.1) is 23.7 Å². The van der Waals surface area contributed by atoms with Gasteiger partial charge in [0.05, 0.1) is 19.3 Å². The molecule has 0 unspecified atom stereocenters. The quantitative estimate of drug-likeness (QED) is 0.0136. The number of nitrogens with two attached hydrogens (primary N) is 3. The van der Waals surface area contributed by atoms with Gasteiger partial charge in [-0.3, -0.25) is 57.7 Å². The second kappa shape index (κ2) is 39.1. The number of carbonyl (C=O) groups excluding carboxylic acids is 12. The van der Waals surface area contributed by atoms with E-state index in [1.54, 1.807) is 62.4 Å². The van der Waals surface area contributed by atoms with Crippen LogP contribution < -0.4 is 75.7 Å². The normalized spacial score (nSPS) is 20.9. The minimum Gasteiger partial charge on any atom is -0.458 e. The molecule has 1 fully saturated rings. The molecule has 0 aromatic heterocycles. The monoisotopic (exact) mass is 1260 g/mol. The van der Waals surface area contributed by atoms with Gasteiger partial charge in [-0.25, -0.2) is 4.79 Å². The fourth-order valence-electron chi connectivity index (χ4n) is 9.27. The number of aliphatic imine (C=N–C) groups is 1. The van der Waals surface area contributed by atoms with Gasteiger partial charge in [0.15, 0.2) is 5.96 Å². The maximum Gasteiger partial charge on any atom is 0.329 e. The predicted octanol–water partition coefficient (Wildman–Crippen LogP) is -3.49. The van der Waals surface area contributed by atoms with E-state index >= 15 is 0 Å². The Labute approximate surface area is 520 Å². The number of primary amides is 1. The van der Waals surface area contributed by atoms with Gasteiger partial charge in [0.25, 0.3) is 0 Å². The van der Waals surface area contributed by atoms with Crippen LogP contribution >= 0.6 is 0 Å². The summed E-state index contributed by atoms with van der Waals surface area (Å²) in [5, 5.41) is 49.4. The molecule has 1 aliphatic heterocycles. The highest BCUT2D eigenvalue weighted by Gasteiger charge is 2.41. The summed E-state index contributed by atoms with van der Waals surface area (Å²) >= 11 is 0. The van der Waals surface area contributed by atoms with E-state index < -0.39 is 193 Å². The molecule has 0 spiro atoms. The number of aliphatic hydroxyl groups excluding tert-OH is 2. The lowest BCUT2D eigenvalue weighted by Crippen LogP contribution is -2.63.